The molecule has 0 aliphatic rings. The SMILES string of the molecule is Cc1cc(C(C)C)ccc1C(=O)NCCO. The summed E-state index contributed by atoms with van der Waals surface area (Å²) in [5.74, 6) is 0.343. The van der Waals surface area contributed by atoms with E-state index >= 15 is 0 Å². The number of benzene rings is 1. The van der Waals surface area contributed by atoms with Gasteiger partial charge in [-0.25, -0.2) is 0 Å². The maximum atomic E-state index is 11.7. The Morgan fingerprint density at radius 2 is 2.12 bits per heavy atom. The van der Waals surface area contributed by atoms with Crippen LogP contribution >= 0.6 is 0 Å². The van der Waals surface area contributed by atoms with E-state index in [1.165, 1.54) is 5.56 Å². The zero-order chi connectivity index (χ0) is 12.1. The largest absolute Gasteiger partial charge is 0.395 e. The van der Waals surface area contributed by atoms with Gasteiger partial charge in [0.2, 0.25) is 0 Å². The Kier molecular flexibility index (Phi) is 4.50. The van der Waals surface area contributed by atoms with E-state index in [2.05, 4.69) is 19.2 Å². The van der Waals surface area contributed by atoms with Crippen LogP contribution in [0.4, 0.5) is 0 Å². The average Bonchev–Trinajstić information content (AvgIpc) is 2.25. The molecular formula is C13H19NO2. The maximum Gasteiger partial charge on any atom is 0.251 e. The van der Waals surface area contributed by atoms with Crippen molar-refractivity contribution in [2.24, 2.45) is 0 Å². The van der Waals surface area contributed by atoms with Crippen LogP contribution in [0.5, 0.6) is 0 Å². The van der Waals surface area contributed by atoms with E-state index in [4.69, 9.17) is 5.11 Å². The third kappa shape index (κ3) is 3.07. The fraction of sp³-hybridized carbons (Fsp3) is 0.462. The van der Waals surface area contributed by atoms with Crippen molar-refractivity contribution in [2.75, 3.05) is 13.2 Å². The molecule has 0 saturated heterocycles. The van der Waals surface area contributed by atoms with Crippen LogP contribution in [0, 0.1) is 6.92 Å². The van der Waals surface area contributed by atoms with E-state index in [1.807, 2.05) is 25.1 Å². The monoisotopic (exact) mass is 221 g/mol. The molecule has 0 spiro atoms. The van der Waals surface area contributed by atoms with E-state index < -0.39 is 0 Å². The Hall–Kier alpha value is -1.35. The summed E-state index contributed by atoms with van der Waals surface area (Å²) in [6.07, 6.45) is 0. The van der Waals surface area contributed by atoms with E-state index in [1.54, 1.807) is 0 Å². The molecule has 1 amide bonds. The first-order valence-electron chi connectivity index (χ1n) is 5.56. The van der Waals surface area contributed by atoms with Gasteiger partial charge in [-0.1, -0.05) is 26.0 Å². The number of carbonyl (C=O) groups is 1. The molecule has 3 nitrogen and oxygen atoms in total. The lowest BCUT2D eigenvalue weighted by Gasteiger charge is -2.10. The average molecular weight is 221 g/mol. The van der Waals surface area contributed by atoms with Crippen molar-refractivity contribution in [2.45, 2.75) is 26.7 Å². The molecule has 1 aromatic rings. The molecule has 0 unspecified atom stereocenters. The molecule has 0 atom stereocenters. The fourth-order valence-corrected chi connectivity index (χ4v) is 1.57. The van der Waals surface area contributed by atoms with E-state index in [0.29, 0.717) is 18.0 Å². The summed E-state index contributed by atoms with van der Waals surface area (Å²) in [4.78, 5) is 11.7. The predicted octanol–water partition coefficient (Wildman–Crippen LogP) is 1.84. The Bertz CT molecular complexity index is 372. The summed E-state index contributed by atoms with van der Waals surface area (Å²) in [5, 5.41) is 11.3. The molecule has 0 bridgehead atoms. The van der Waals surface area contributed by atoms with Gasteiger partial charge in [-0.15, -0.1) is 0 Å². The van der Waals surface area contributed by atoms with Gasteiger partial charge >= 0.3 is 0 Å². The highest BCUT2D eigenvalue weighted by atomic mass is 16.3. The molecule has 0 radical (unpaired) electrons. The molecule has 3 heteroatoms. The van der Waals surface area contributed by atoms with E-state index in [9.17, 15) is 4.79 Å². The topological polar surface area (TPSA) is 49.3 Å². The van der Waals surface area contributed by atoms with Gasteiger partial charge in [0.15, 0.2) is 0 Å². The number of rotatable bonds is 4. The number of aliphatic hydroxyl groups excluding tert-OH is 1. The van der Waals surface area contributed by atoms with Crippen LogP contribution in [-0.4, -0.2) is 24.2 Å². The molecule has 1 aromatic carbocycles. The van der Waals surface area contributed by atoms with Gasteiger partial charge in [-0.2, -0.15) is 0 Å². The first-order chi connectivity index (χ1) is 7.56. The van der Waals surface area contributed by atoms with Crippen LogP contribution in [0.3, 0.4) is 0 Å². The molecule has 0 aromatic heterocycles. The van der Waals surface area contributed by atoms with E-state index in [0.717, 1.165) is 5.56 Å². The molecule has 2 N–H and O–H groups in total. The van der Waals surface area contributed by atoms with Crippen molar-refractivity contribution in [3.05, 3.63) is 34.9 Å². The minimum absolute atomic E-state index is 0.0329. The quantitative estimate of drug-likeness (QED) is 0.815. The van der Waals surface area contributed by atoms with Gasteiger partial charge < -0.3 is 10.4 Å². The second kappa shape index (κ2) is 5.66. The van der Waals surface area contributed by atoms with Crippen molar-refractivity contribution >= 4 is 5.91 Å². The normalized spacial score (nSPS) is 10.6. The Morgan fingerprint density at radius 1 is 1.44 bits per heavy atom. The van der Waals surface area contributed by atoms with Crippen molar-refractivity contribution in [1.82, 2.24) is 5.32 Å². The lowest BCUT2D eigenvalue weighted by atomic mass is 9.98. The van der Waals surface area contributed by atoms with Crippen molar-refractivity contribution in [1.29, 1.82) is 0 Å². The van der Waals surface area contributed by atoms with Gasteiger partial charge in [0.25, 0.3) is 5.91 Å². The summed E-state index contributed by atoms with van der Waals surface area (Å²) >= 11 is 0. The zero-order valence-corrected chi connectivity index (χ0v) is 10.1. The number of aliphatic hydroxyl groups is 1. The number of aryl methyl sites for hydroxylation is 1. The Labute approximate surface area is 96.5 Å². The summed E-state index contributed by atoms with van der Waals surface area (Å²) in [5.41, 5.74) is 2.88. The van der Waals surface area contributed by atoms with Crippen molar-refractivity contribution in [3.63, 3.8) is 0 Å². The van der Waals surface area contributed by atoms with Crippen molar-refractivity contribution in [3.8, 4) is 0 Å². The summed E-state index contributed by atoms with van der Waals surface area (Å²) in [6.45, 7) is 6.44. The highest BCUT2D eigenvalue weighted by Crippen LogP contribution is 2.18. The molecule has 0 saturated carbocycles. The number of nitrogens with one attached hydrogen (secondary N) is 1. The summed E-state index contributed by atoms with van der Waals surface area (Å²) < 4.78 is 0. The Balaban J connectivity index is 2.86. The van der Waals surface area contributed by atoms with Crippen LogP contribution in [0.25, 0.3) is 0 Å². The number of carbonyl (C=O) groups excluding carboxylic acids is 1. The standard InChI is InChI=1S/C13H19NO2/c1-9(2)11-4-5-12(10(3)8-11)13(16)14-6-7-15/h4-5,8-9,15H,6-7H2,1-3H3,(H,14,16). The third-order valence-corrected chi connectivity index (χ3v) is 2.56. The van der Waals surface area contributed by atoms with Crippen LogP contribution in [0.15, 0.2) is 18.2 Å². The molecule has 0 heterocycles. The zero-order valence-electron chi connectivity index (χ0n) is 10.1. The van der Waals surface area contributed by atoms with Gasteiger partial charge in [0.05, 0.1) is 6.61 Å². The second-order valence-corrected chi connectivity index (χ2v) is 4.21. The minimum Gasteiger partial charge on any atom is -0.395 e. The van der Waals surface area contributed by atoms with Gasteiger partial charge in [0, 0.05) is 12.1 Å². The smallest absolute Gasteiger partial charge is 0.251 e. The molecule has 88 valence electrons. The van der Waals surface area contributed by atoms with Gasteiger partial charge in [0.1, 0.15) is 0 Å². The second-order valence-electron chi connectivity index (χ2n) is 4.21. The lowest BCUT2D eigenvalue weighted by Crippen LogP contribution is -2.27. The lowest BCUT2D eigenvalue weighted by molar-refractivity contribution is 0.0944. The molecule has 16 heavy (non-hydrogen) atoms. The van der Waals surface area contributed by atoms with Crippen LogP contribution in [0.1, 0.15) is 41.3 Å². The fourth-order valence-electron chi connectivity index (χ4n) is 1.57. The summed E-state index contributed by atoms with van der Waals surface area (Å²) in [7, 11) is 0. The molecular weight excluding hydrogens is 202 g/mol. The van der Waals surface area contributed by atoms with Gasteiger partial charge in [-0.05, 0) is 30.0 Å². The minimum atomic E-state index is -0.123. The molecule has 0 aliphatic carbocycles. The highest BCUT2D eigenvalue weighted by molar-refractivity contribution is 5.95. The summed E-state index contributed by atoms with van der Waals surface area (Å²) in [6, 6.07) is 5.86. The van der Waals surface area contributed by atoms with E-state index in [-0.39, 0.29) is 12.5 Å². The predicted molar refractivity (Wildman–Crippen MR) is 64.7 cm³/mol. The van der Waals surface area contributed by atoms with Crippen LogP contribution in [0.2, 0.25) is 0 Å². The number of amides is 1. The molecule has 1 rings (SSSR count). The molecule has 0 fully saturated rings. The first kappa shape index (κ1) is 12.7. The van der Waals surface area contributed by atoms with Gasteiger partial charge in [-0.3, -0.25) is 4.79 Å². The number of hydrogen-bond donors (Lipinski definition) is 2. The van der Waals surface area contributed by atoms with Crippen LogP contribution in [-0.2, 0) is 0 Å². The maximum absolute atomic E-state index is 11.7. The van der Waals surface area contributed by atoms with Crippen LogP contribution < -0.4 is 5.32 Å². The number of hydrogen-bond acceptors (Lipinski definition) is 2. The third-order valence-electron chi connectivity index (χ3n) is 2.56. The highest BCUT2D eigenvalue weighted by Gasteiger charge is 2.09. The first-order valence-corrected chi connectivity index (χ1v) is 5.56. The molecule has 0 aliphatic heterocycles. The Morgan fingerprint density at radius 3 is 2.62 bits per heavy atom. The van der Waals surface area contributed by atoms with Crippen molar-refractivity contribution < 1.29 is 9.90 Å².